The summed E-state index contributed by atoms with van der Waals surface area (Å²) in [6, 6.07) is 8.81. The van der Waals surface area contributed by atoms with E-state index in [1.54, 1.807) is 7.11 Å². The highest BCUT2D eigenvalue weighted by Gasteiger charge is 2.18. The molecule has 2 unspecified atom stereocenters. The van der Waals surface area contributed by atoms with E-state index in [2.05, 4.69) is 50.4 Å². The molecule has 1 N–H and O–H groups in total. The molecule has 21 heavy (non-hydrogen) atoms. The zero-order valence-corrected chi connectivity index (χ0v) is 13.7. The fourth-order valence-electron chi connectivity index (χ4n) is 2.18. The molecule has 0 saturated carbocycles. The lowest BCUT2D eigenvalue weighted by molar-refractivity contribution is -0.0127. The lowest BCUT2D eigenvalue weighted by Gasteiger charge is -2.25. The molecule has 1 rings (SSSR count). The maximum atomic E-state index is 5.89. The summed E-state index contributed by atoms with van der Waals surface area (Å²) in [5, 5.41) is 3.49. The van der Waals surface area contributed by atoms with Gasteiger partial charge in [0, 0.05) is 7.11 Å². The van der Waals surface area contributed by atoms with Gasteiger partial charge in [0.25, 0.3) is 0 Å². The fraction of sp³-hybridized carbons (Fsp3) is 0.647. The second kappa shape index (κ2) is 10.7. The van der Waals surface area contributed by atoms with Crippen molar-refractivity contribution in [3.05, 3.63) is 35.4 Å². The third-order valence-corrected chi connectivity index (χ3v) is 3.37. The van der Waals surface area contributed by atoms with Crippen LogP contribution in [0.5, 0.6) is 0 Å². The molecule has 0 bridgehead atoms. The molecule has 4 nitrogen and oxygen atoms in total. The number of nitrogens with one attached hydrogen (secondary N) is 1. The molecule has 0 aliphatic rings. The molecule has 1 aromatic rings. The highest BCUT2D eigenvalue weighted by Crippen LogP contribution is 2.19. The van der Waals surface area contributed by atoms with Gasteiger partial charge in [0.2, 0.25) is 0 Å². The highest BCUT2D eigenvalue weighted by atomic mass is 16.5. The number of methoxy groups -OCH3 is 1. The summed E-state index contributed by atoms with van der Waals surface area (Å²) in [6.45, 7) is 9.66. The average molecular weight is 295 g/mol. The summed E-state index contributed by atoms with van der Waals surface area (Å²) in [4.78, 5) is 0. The minimum atomic E-state index is 0.0960. The van der Waals surface area contributed by atoms with Crippen LogP contribution >= 0.6 is 0 Å². The van der Waals surface area contributed by atoms with Crippen molar-refractivity contribution in [3.8, 4) is 0 Å². The van der Waals surface area contributed by atoms with Crippen molar-refractivity contribution >= 4 is 0 Å². The number of aryl methyl sites for hydroxylation is 1. The van der Waals surface area contributed by atoms with E-state index in [4.69, 9.17) is 14.2 Å². The Bertz CT molecular complexity index is 367. The van der Waals surface area contributed by atoms with Crippen LogP contribution in [-0.2, 0) is 14.2 Å². The van der Waals surface area contributed by atoms with Crippen LogP contribution in [0.3, 0.4) is 0 Å². The van der Waals surface area contributed by atoms with Crippen molar-refractivity contribution in [2.75, 3.05) is 40.1 Å². The SMILES string of the molecule is CCNC(c1ccc(C)cc1)C(C)OCCOCCOC. The van der Waals surface area contributed by atoms with Crippen LogP contribution in [0.1, 0.15) is 31.0 Å². The van der Waals surface area contributed by atoms with E-state index in [-0.39, 0.29) is 12.1 Å². The minimum Gasteiger partial charge on any atom is -0.382 e. The summed E-state index contributed by atoms with van der Waals surface area (Å²) in [7, 11) is 1.67. The number of hydrogen-bond acceptors (Lipinski definition) is 4. The Balaban J connectivity index is 2.42. The maximum Gasteiger partial charge on any atom is 0.0742 e. The van der Waals surface area contributed by atoms with Crippen LogP contribution in [0.4, 0.5) is 0 Å². The Kier molecular flexibility index (Phi) is 9.26. The Labute approximate surface area is 128 Å². The molecule has 0 aromatic heterocycles. The third kappa shape index (κ3) is 7.05. The largest absolute Gasteiger partial charge is 0.382 e. The van der Waals surface area contributed by atoms with Gasteiger partial charge in [0.15, 0.2) is 0 Å². The average Bonchev–Trinajstić information content (AvgIpc) is 2.49. The van der Waals surface area contributed by atoms with E-state index >= 15 is 0 Å². The second-order valence-corrected chi connectivity index (χ2v) is 5.13. The van der Waals surface area contributed by atoms with Gasteiger partial charge in [-0.1, -0.05) is 36.8 Å². The molecule has 0 radical (unpaired) electrons. The molecular formula is C17H29NO3. The first kappa shape index (κ1) is 18.1. The third-order valence-electron chi connectivity index (χ3n) is 3.37. The molecule has 0 heterocycles. The number of rotatable bonds is 11. The molecule has 0 spiro atoms. The number of hydrogen-bond donors (Lipinski definition) is 1. The Morgan fingerprint density at radius 1 is 1.05 bits per heavy atom. The van der Waals surface area contributed by atoms with Crippen LogP contribution in [0.25, 0.3) is 0 Å². The quantitative estimate of drug-likeness (QED) is 0.637. The maximum absolute atomic E-state index is 5.89. The van der Waals surface area contributed by atoms with Crippen LogP contribution in [0.2, 0.25) is 0 Å². The monoisotopic (exact) mass is 295 g/mol. The number of likely N-dealkylation sites (N-methyl/N-ethyl adjacent to an activating group) is 1. The molecule has 0 aliphatic carbocycles. The van der Waals surface area contributed by atoms with Gasteiger partial charge < -0.3 is 19.5 Å². The lowest BCUT2D eigenvalue weighted by Crippen LogP contribution is -2.32. The Morgan fingerprint density at radius 2 is 1.71 bits per heavy atom. The van der Waals surface area contributed by atoms with Crippen molar-refractivity contribution in [2.45, 2.75) is 32.9 Å². The van der Waals surface area contributed by atoms with Gasteiger partial charge in [0.05, 0.1) is 38.6 Å². The molecule has 120 valence electrons. The smallest absolute Gasteiger partial charge is 0.0742 e. The van der Waals surface area contributed by atoms with Crippen molar-refractivity contribution in [2.24, 2.45) is 0 Å². The molecule has 2 atom stereocenters. The Hall–Kier alpha value is -0.940. The summed E-state index contributed by atoms with van der Waals surface area (Å²) in [6.07, 6.45) is 0.0960. The van der Waals surface area contributed by atoms with Crippen LogP contribution in [0.15, 0.2) is 24.3 Å². The van der Waals surface area contributed by atoms with Gasteiger partial charge >= 0.3 is 0 Å². The van der Waals surface area contributed by atoms with Gasteiger partial charge in [-0.2, -0.15) is 0 Å². The zero-order valence-electron chi connectivity index (χ0n) is 13.7. The van der Waals surface area contributed by atoms with E-state index < -0.39 is 0 Å². The minimum absolute atomic E-state index is 0.0960. The van der Waals surface area contributed by atoms with Gasteiger partial charge in [-0.05, 0) is 26.0 Å². The molecule has 0 aliphatic heterocycles. The predicted octanol–water partition coefficient (Wildman–Crippen LogP) is 2.71. The first-order valence-corrected chi connectivity index (χ1v) is 7.67. The Morgan fingerprint density at radius 3 is 2.33 bits per heavy atom. The zero-order chi connectivity index (χ0) is 15.5. The molecular weight excluding hydrogens is 266 g/mol. The fourth-order valence-corrected chi connectivity index (χ4v) is 2.18. The normalized spacial score (nSPS) is 14.1. The van der Waals surface area contributed by atoms with E-state index in [0.29, 0.717) is 26.4 Å². The first-order chi connectivity index (χ1) is 10.2. The van der Waals surface area contributed by atoms with Crippen LogP contribution in [0, 0.1) is 6.92 Å². The number of ether oxygens (including phenoxy) is 3. The van der Waals surface area contributed by atoms with Gasteiger partial charge in [-0.3, -0.25) is 0 Å². The summed E-state index contributed by atoms with van der Waals surface area (Å²) in [5.41, 5.74) is 2.53. The molecule has 4 heteroatoms. The first-order valence-electron chi connectivity index (χ1n) is 7.67. The van der Waals surface area contributed by atoms with Crippen LogP contribution < -0.4 is 5.32 Å². The van der Waals surface area contributed by atoms with E-state index in [0.717, 1.165) is 6.54 Å². The van der Waals surface area contributed by atoms with Gasteiger partial charge in [-0.25, -0.2) is 0 Å². The predicted molar refractivity (Wildman–Crippen MR) is 85.7 cm³/mol. The van der Waals surface area contributed by atoms with Crippen molar-refractivity contribution in [3.63, 3.8) is 0 Å². The van der Waals surface area contributed by atoms with Gasteiger partial charge in [0.1, 0.15) is 0 Å². The van der Waals surface area contributed by atoms with E-state index in [1.165, 1.54) is 11.1 Å². The molecule has 0 fully saturated rings. The summed E-state index contributed by atoms with van der Waals surface area (Å²) in [5.74, 6) is 0. The van der Waals surface area contributed by atoms with Crippen molar-refractivity contribution in [1.82, 2.24) is 5.32 Å². The number of benzene rings is 1. The van der Waals surface area contributed by atoms with Gasteiger partial charge in [-0.15, -0.1) is 0 Å². The molecule has 0 amide bonds. The lowest BCUT2D eigenvalue weighted by atomic mass is 10.0. The van der Waals surface area contributed by atoms with E-state index in [1.807, 2.05) is 0 Å². The summed E-state index contributed by atoms with van der Waals surface area (Å²) < 4.78 is 16.2. The molecule has 1 aromatic carbocycles. The molecule has 0 saturated heterocycles. The van der Waals surface area contributed by atoms with Crippen LogP contribution in [-0.4, -0.2) is 46.2 Å². The highest BCUT2D eigenvalue weighted by molar-refractivity contribution is 5.24. The topological polar surface area (TPSA) is 39.7 Å². The van der Waals surface area contributed by atoms with E-state index in [9.17, 15) is 0 Å². The van der Waals surface area contributed by atoms with Crippen molar-refractivity contribution in [1.29, 1.82) is 0 Å². The standard InChI is InChI=1S/C17H29NO3/c1-5-18-17(16-8-6-14(2)7-9-16)15(3)21-13-12-20-11-10-19-4/h6-9,15,17-18H,5,10-13H2,1-4H3. The van der Waals surface area contributed by atoms with Crippen molar-refractivity contribution < 1.29 is 14.2 Å². The summed E-state index contributed by atoms with van der Waals surface area (Å²) >= 11 is 0. The second-order valence-electron chi connectivity index (χ2n) is 5.13.